The third-order valence-corrected chi connectivity index (χ3v) is 7.80. The molecule has 0 saturated carbocycles. The molecule has 0 unspecified atom stereocenters. The average molecular weight is 569 g/mol. The molecule has 0 N–H and O–H groups in total. The van der Waals surface area contributed by atoms with Gasteiger partial charge in [0.15, 0.2) is 0 Å². The fourth-order valence-corrected chi connectivity index (χ4v) is 5.69. The normalized spacial score (nSPS) is 19.9. The number of aromatic nitrogens is 2. The summed E-state index contributed by atoms with van der Waals surface area (Å²) >= 11 is 0. The maximum absolute atomic E-state index is 13.0. The van der Waals surface area contributed by atoms with Gasteiger partial charge in [-0.3, -0.25) is 4.90 Å². The number of hydrogen-bond acceptors (Lipinski definition) is 8. The molecule has 0 bridgehead atoms. The number of ether oxygens (including phenoxy) is 2. The maximum Gasteiger partial charge on any atom is 0.414 e. The molecule has 2 saturated heterocycles. The van der Waals surface area contributed by atoms with Crippen LogP contribution in [-0.2, 0) is 24.0 Å². The zero-order valence-electron chi connectivity index (χ0n) is 25.3. The molecule has 0 radical (unpaired) electrons. The Hall–Kier alpha value is -4.32. The van der Waals surface area contributed by atoms with Gasteiger partial charge >= 0.3 is 12.1 Å². The number of amides is 1. The summed E-state index contributed by atoms with van der Waals surface area (Å²) in [5.74, 6) is 0.785. The van der Waals surface area contributed by atoms with Crippen LogP contribution in [0.25, 0.3) is 6.08 Å². The summed E-state index contributed by atoms with van der Waals surface area (Å²) in [7, 11) is 2.07. The van der Waals surface area contributed by atoms with Crippen molar-refractivity contribution in [2.45, 2.75) is 65.4 Å². The Morgan fingerprint density at radius 1 is 1.12 bits per heavy atom. The monoisotopic (exact) mass is 568 g/mol. The van der Waals surface area contributed by atoms with Crippen LogP contribution in [0.5, 0.6) is 6.01 Å². The number of rotatable bonds is 5. The van der Waals surface area contributed by atoms with E-state index in [2.05, 4.69) is 60.2 Å². The van der Waals surface area contributed by atoms with Crippen LogP contribution in [-0.4, -0.2) is 64.7 Å². The minimum Gasteiger partial charge on any atom is -0.443 e. The Kier molecular flexibility index (Phi) is 8.53. The number of nitrogens with zero attached hydrogens (tertiary/aromatic N) is 6. The number of aryl methyl sites for hydroxylation is 1. The predicted octanol–water partition coefficient (Wildman–Crippen LogP) is 5.63. The van der Waals surface area contributed by atoms with E-state index in [1.165, 1.54) is 22.8 Å². The van der Waals surface area contributed by atoms with E-state index in [0.29, 0.717) is 37.8 Å². The van der Waals surface area contributed by atoms with Gasteiger partial charge in [-0.05, 0) is 57.6 Å². The topological polar surface area (TPSA) is 94.8 Å². The lowest BCUT2D eigenvalue weighted by atomic mass is 10.0. The molecule has 2 aromatic rings. The highest BCUT2D eigenvalue weighted by atomic mass is 16.6. The molecule has 1 aliphatic carbocycles. The van der Waals surface area contributed by atoms with E-state index in [-0.39, 0.29) is 0 Å². The van der Waals surface area contributed by atoms with E-state index in [9.17, 15) is 10.1 Å². The van der Waals surface area contributed by atoms with Crippen LogP contribution in [0.2, 0.25) is 0 Å². The van der Waals surface area contributed by atoms with Crippen molar-refractivity contribution in [1.29, 1.82) is 5.26 Å². The zero-order valence-corrected chi connectivity index (χ0v) is 25.3. The molecule has 220 valence electrons. The smallest absolute Gasteiger partial charge is 0.414 e. The Morgan fingerprint density at radius 2 is 1.93 bits per heavy atom. The number of benzene rings is 1. The zero-order chi connectivity index (χ0) is 29.9. The first-order valence-electron chi connectivity index (χ1n) is 14.7. The summed E-state index contributed by atoms with van der Waals surface area (Å²) < 4.78 is 11.7. The third kappa shape index (κ3) is 6.59. The number of likely N-dealkylation sites (tertiary alicyclic amines) is 1. The Balaban J connectivity index is 1.47. The lowest BCUT2D eigenvalue weighted by molar-refractivity contribution is 0.0302. The van der Waals surface area contributed by atoms with Crippen LogP contribution in [0.15, 0.2) is 53.6 Å². The number of hydrogen-bond donors (Lipinski definition) is 0. The molecular weight excluding hydrogens is 528 g/mol. The number of allylic oxidation sites excluding steroid dienone is 3. The van der Waals surface area contributed by atoms with Crippen molar-refractivity contribution < 1.29 is 14.3 Å². The van der Waals surface area contributed by atoms with E-state index in [4.69, 9.17) is 19.4 Å². The van der Waals surface area contributed by atoms with Crippen LogP contribution < -0.4 is 9.64 Å². The molecule has 2 fully saturated rings. The third-order valence-electron chi connectivity index (χ3n) is 7.80. The first-order valence-corrected chi connectivity index (χ1v) is 14.7. The Morgan fingerprint density at radius 3 is 2.64 bits per heavy atom. The standard InChI is InChI=1S/C33H40N6O3/c1-6-24-10-7-8-11-25(24)18-23-19-28-29(20-23)35-31(41-22-27-12-9-15-37(27)5)36-30(28)38-16-17-39(26(21-38)13-14-34)32(40)42-33(2,3)4/h7-8,10-11,13,18,22H,6,9,12,15-17,19-21H2,1-5H3/b23-18?,26-13+,27-22-. The summed E-state index contributed by atoms with van der Waals surface area (Å²) in [4.78, 5) is 28.6. The predicted molar refractivity (Wildman–Crippen MR) is 163 cm³/mol. The van der Waals surface area contributed by atoms with Crippen molar-refractivity contribution in [2.24, 2.45) is 0 Å². The van der Waals surface area contributed by atoms with Gasteiger partial charge in [-0.1, -0.05) is 42.8 Å². The van der Waals surface area contributed by atoms with E-state index in [1.807, 2.05) is 20.8 Å². The second-order valence-electron chi connectivity index (χ2n) is 12.0. The van der Waals surface area contributed by atoms with Crippen molar-refractivity contribution in [3.63, 3.8) is 0 Å². The lowest BCUT2D eigenvalue weighted by Crippen LogP contribution is -2.49. The molecule has 0 atom stereocenters. The van der Waals surface area contributed by atoms with Crippen LogP contribution in [0, 0.1) is 11.3 Å². The first-order chi connectivity index (χ1) is 20.1. The van der Waals surface area contributed by atoms with Gasteiger partial charge in [0.2, 0.25) is 0 Å². The van der Waals surface area contributed by atoms with Crippen molar-refractivity contribution in [3.05, 3.63) is 76.0 Å². The van der Waals surface area contributed by atoms with Crippen molar-refractivity contribution in [3.8, 4) is 12.1 Å². The fraction of sp³-hybridized carbons (Fsp3) is 0.455. The molecule has 1 amide bonds. The molecule has 3 heterocycles. The van der Waals surface area contributed by atoms with Gasteiger partial charge in [0, 0.05) is 50.4 Å². The highest BCUT2D eigenvalue weighted by molar-refractivity contribution is 5.72. The molecule has 3 aliphatic rings. The molecule has 0 spiro atoms. The molecule has 1 aromatic heterocycles. The fourth-order valence-electron chi connectivity index (χ4n) is 5.69. The number of carbonyl (C=O) groups excluding carboxylic acids is 1. The van der Waals surface area contributed by atoms with Gasteiger partial charge in [-0.15, -0.1) is 0 Å². The van der Waals surface area contributed by atoms with Gasteiger partial charge in [0.1, 0.15) is 17.7 Å². The summed E-state index contributed by atoms with van der Waals surface area (Å²) in [6.45, 7) is 9.94. The molecule has 42 heavy (non-hydrogen) atoms. The van der Waals surface area contributed by atoms with E-state index < -0.39 is 11.7 Å². The molecule has 9 heteroatoms. The second kappa shape index (κ2) is 12.3. The Bertz CT molecular complexity index is 1480. The summed E-state index contributed by atoms with van der Waals surface area (Å²) in [5, 5.41) is 9.53. The number of carbonyl (C=O) groups is 1. The number of anilines is 1. The quantitative estimate of drug-likeness (QED) is 0.338. The minimum absolute atomic E-state index is 0.312. The molecule has 5 rings (SSSR count). The number of nitriles is 1. The van der Waals surface area contributed by atoms with Crippen LogP contribution in [0.4, 0.5) is 10.6 Å². The summed E-state index contributed by atoms with van der Waals surface area (Å²) in [5.41, 5.74) is 6.90. The SMILES string of the molecule is CCc1ccccc1C=C1Cc2nc(O/C=C3/CCCN3C)nc(N3CCN(C(=O)OC(C)(C)C)/C(=C/C#N)C3)c2C1. The first kappa shape index (κ1) is 29.2. The molecule has 1 aromatic carbocycles. The van der Waals surface area contributed by atoms with Crippen LogP contribution in [0.1, 0.15) is 62.9 Å². The largest absolute Gasteiger partial charge is 0.443 e. The van der Waals surface area contributed by atoms with Gasteiger partial charge in [0.25, 0.3) is 0 Å². The number of piperazine rings is 1. The highest BCUT2D eigenvalue weighted by Crippen LogP contribution is 2.36. The average Bonchev–Trinajstić information content (AvgIpc) is 3.55. The summed E-state index contributed by atoms with van der Waals surface area (Å²) in [6, 6.07) is 10.9. The van der Waals surface area contributed by atoms with Gasteiger partial charge < -0.3 is 19.3 Å². The number of fused-ring (bicyclic) bond motifs is 1. The second-order valence-corrected chi connectivity index (χ2v) is 12.0. The molecular formula is C33H40N6O3. The van der Waals surface area contributed by atoms with E-state index in [0.717, 1.165) is 55.0 Å². The van der Waals surface area contributed by atoms with Crippen molar-refractivity contribution in [1.82, 2.24) is 19.8 Å². The van der Waals surface area contributed by atoms with E-state index >= 15 is 0 Å². The molecule has 2 aliphatic heterocycles. The van der Waals surface area contributed by atoms with Gasteiger partial charge in [0.05, 0.1) is 24.0 Å². The lowest BCUT2D eigenvalue weighted by Gasteiger charge is -2.38. The van der Waals surface area contributed by atoms with Gasteiger partial charge in [-0.2, -0.15) is 15.2 Å². The highest BCUT2D eigenvalue weighted by Gasteiger charge is 2.33. The van der Waals surface area contributed by atoms with Crippen LogP contribution >= 0.6 is 0 Å². The maximum atomic E-state index is 13.0. The Labute approximate surface area is 248 Å². The van der Waals surface area contributed by atoms with Crippen molar-refractivity contribution >= 4 is 18.0 Å². The van der Waals surface area contributed by atoms with Crippen molar-refractivity contribution in [2.75, 3.05) is 38.1 Å². The summed E-state index contributed by atoms with van der Waals surface area (Å²) in [6.07, 6.45) is 9.50. The molecule has 9 nitrogen and oxygen atoms in total. The van der Waals surface area contributed by atoms with E-state index in [1.54, 1.807) is 11.2 Å². The minimum atomic E-state index is -0.632. The van der Waals surface area contributed by atoms with Gasteiger partial charge in [-0.25, -0.2) is 4.79 Å². The van der Waals surface area contributed by atoms with Crippen LogP contribution in [0.3, 0.4) is 0 Å².